The molecule has 140 valence electrons. The van der Waals surface area contributed by atoms with Crippen molar-refractivity contribution in [3.8, 4) is 11.5 Å². The number of rotatable bonds is 8. The van der Waals surface area contributed by atoms with Gasteiger partial charge in [-0.15, -0.1) is 0 Å². The third-order valence-corrected chi connectivity index (χ3v) is 4.31. The third kappa shape index (κ3) is 4.67. The molecule has 1 aliphatic heterocycles. The van der Waals surface area contributed by atoms with Crippen molar-refractivity contribution in [3.05, 3.63) is 66.7 Å². The topological polar surface area (TPSA) is 76.1 Å². The van der Waals surface area contributed by atoms with Gasteiger partial charge in [0.15, 0.2) is 0 Å². The van der Waals surface area contributed by atoms with Crippen LogP contribution in [0.5, 0.6) is 11.5 Å². The van der Waals surface area contributed by atoms with Gasteiger partial charge in [0.1, 0.15) is 18.1 Å². The Labute approximate surface area is 157 Å². The van der Waals surface area contributed by atoms with E-state index in [1.54, 1.807) is 23.1 Å². The number of carboxylic acid groups (broad SMARTS) is 1. The summed E-state index contributed by atoms with van der Waals surface area (Å²) in [6.07, 6.45) is 2.10. The highest BCUT2D eigenvalue weighted by Gasteiger charge is 2.31. The molecule has 2 aromatic carbocycles. The zero-order chi connectivity index (χ0) is 19.2. The van der Waals surface area contributed by atoms with Gasteiger partial charge in [-0.1, -0.05) is 12.7 Å². The number of nitrogens with zero attached hydrogens (tertiary/aromatic N) is 1. The number of carbonyl (C=O) groups is 2. The molecule has 1 amide bonds. The number of hydrogen-bond acceptors (Lipinski definition) is 4. The number of anilines is 1. The normalized spacial score (nSPS) is 16.2. The minimum absolute atomic E-state index is 0.0598. The molecule has 0 bridgehead atoms. The molecule has 0 aromatic heterocycles. The van der Waals surface area contributed by atoms with Gasteiger partial charge in [0.2, 0.25) is 5.91 Å². The lowest BCUT2D eigenvalue weighted by Crippen LogP contribution is -2.25. The summed E-state index contributed by atoms with van der Waals surface area (Å²) in [7, 11) is 0. The van der Waals surface area contributed by atoms with Crippen molar-refractivity contribution in [2.45, 2.75) is 6.42 Å². The van der Waals surface area contributed by atoms with E-state index in [9.17, 15) is 9.59 Å². The maximum absolute atomic E-state index is 12.3. The highest BCUT2D eigenvalue weighted by Crippen LogP contribution is 2.27. The number of ether oxygens (including phenoxy) is 2. The van der Waals surface area contributed by atoms with Crippen molar-refractivity contribution in [3.63, 3.8) is 0 Å². The molecule has 6 nitrogen and oxygen atoms in total. The summed E-state index contributed by atoms with van der Waals surface area (Å²) in [5.74, 6) is 0.488. The second-order valence-electron chi connectivity index (χ2n) is 6.31. The van der Waals surface area contributed by atoms with Crippen LogP contribution in [0.1, 0.15) is 16.8 Å². The molecular weight excluding hydrogens is 346 g/mol. The van der Waals surface area contributed by atoms with Crippen LogP contribution < -0.4 is 14.4 Å². The summed E-state index contributed by atoms with van der Waals surface area (Å²) in [5.41, 5.74) is 1.05. The van der Waals surface area contributed by atoms with E-state index in [2.05, 4.69) is 6.58 Å². The number of carboxylic acids is 1. The molecule has 1 saturated heterocycles. The first-order valence-corrected chi connectivity index (χ1v) is 8.67. The Bertz CT molecular complexity index is 813. The van der Waals surface area contributed by atoms with E-state index in [4.69, 9.17) is 14.6 Å². The first-order valence-electron chi connectivity index (χ1n) is 8.67. The fourth-order valence-electron chi connectivity index (χ4n) is 2.93. The predicted octanol–water partition coefficient (Wildman–Crippen LogP) is 3.38. The Morgan fingerprint density at radius 3 is 2.37 bits per heavy atom. The van der Waals surface area contributed by atoms with Crippen molar-refractivity contribution in [1.29, 1.82) is 0 Å². The van der Waals surface area contributed by atoms with Gasteiger partial charge in [-0.25, -0.2) is 4.79 Å². The maximum Gasteiger partial charge on any atom is 0.335 e. The second-order valence-corrected chi connectivity index (χ2v) is 6.31. The van der Waals surface area contributed by atoms with E-state index in [1.807, 2.05) is 24.3 Å². The Balaban J connectivity index is 1.55. The van der Waals surface area contributed by atoms with Crippen molar-refractivity contribution < 1.29 is 24.2 Å². The summed E-state index contributed by atoms with van der Waals surface area (Å²) in [5, 5.41) is 8.91. The molecule has 0 saturated carbocycles. The maximum atomic E-state index is 12.3. The average Bonchev–Trinajstić information content (AvgIpc) is 3.06. The van der Waals surface area contributed by atoms with Crippen LogP contribution in [0.3, 0.4) is 0 Å². The summed E-state index contributed by atoms with van der Waals surface area (Å²) < 4.78 is 11.2. The lowest BCUT2D eigenvalue weighted by molar-refractivity contribution is -0.117. The highest BCUT2D eigenvalue weighted by atomic mass is 16.5. The van der Waals surface area contributed by atoms with Gasteiger partial charge in [0.05, 0.1) is 12.2 Å². The molecule has 1 aliphatic rings. The van der Waals surface area contributed by atoms with Crippen LogP contribution in [0.25, 0.3) is 0 Å². The Hall–Kier alpha value is -3.28. The zero-order valence-corrected chi connectivity index (χ0v) is 14.8. The van der Waals surface area contributed by atoms with E-state index >= 15 is 0 Å². The largest absolute Gasteiger partial charge is 0.493 e. The van der Waals surface area contributed by atoms with Crippen LogP contribution in [-0.2, 0) is 4.79 Å². The van der Waals surface area contributed by atoms with Gasteiger partial charge in [-0.2, -0.15) is 0 Å². The molecule has 1 atom stereocenters. The molecule has 1 unspecified atom stereocenters. The van der Waals surface area contributed by atoms with Gasteiger partial charge in [0, 0.05) is 24.6 Å². The standard InChI is InChI=1S/C21H21NO5/c1-2-11-26-18-9-5-17(6-10-18)22-13-15(12-20(22)23)14-27-19-7-3-16(4-8-19)21(24)25/h2-10,15H,1,11-14H2,(H,24,25). The average molecular weight is 367 g/mol. The fourth-order valence-corrected chi connectivity index (χ4v) is 2.93. The fraction of sp³-hybridized carbons (Fsp3) is 0.238. The zero-order valence-electron chi connectivity index (χ0n) is 14.8. The van der Waals surface area contributed by atoms with Crippen molar-refractivity contribution in [2.75, 3.05) is 24.7 Å². The Kier molecular flexibility index (Phi) is 5.76. The summed E-state index contributed by atoms with van der Waals surface area (Å²) in [6, 6.07) is 13.6. The van der Waals surface area contributed by atoms with E-state index in [-0.39, 0.29) is 17.4 Å². The van der Waals surface area contributed by atoms with Crippen LogP contribution in [-0.4, -0.2) is 36.7 Å². The molecule has 0 spiro atoms. The molecule has 2 aromatic rings. The van der Waals surface area contributed by atoms with Gasteiger partial charge >= 0.3 is 5.97 Å². The SMILES string of the molecule is C=CCOc1ccc(N2CC(COc3ccc(C(=O)O)cc3)CC2=O)cc1. The van der Waals surface area contributed by atoms with Gasteiger partial charge in [-0.3, -0.25) is 4.79 Å². The number of hydrogen-bond donors (Lipinski definition) is 1. The molecular formula is C21H21NO5. The minimum Gasteiger partial charge on any atom is -0.493 e. The minimum atomic E-state index is -0.973. The Morgan fingerprint density at radius 1 is 1.11 bits per heavy atom. The summed E-state index contributed by atoms with van der Waals surface area (Å²) >= 11 is 0. The molecule has 1 fully saturated rings. The molecule has 3 rings (SSSR count). The predicted molar refractivity (Wildman–Crippen MR) is 101 cm³/mol. The van der Waals surface area contributed by atoms with Gasteiger partial charge < -0.3 is 19.5 Å². The molecule has 1 heterocycles. The molecule has 1 N–H and O–H groups in total. The number of carbonyl (C=O) groups excluding carboxylic acids is 1. The molecule has 0 aliphatic carbocycles. The van der Waals surface area contributed by atoms with E-state index in [0.29, 0.717) is 31.9 Å². The smallest absolute Gasteiger partial charge is 0.335 e. The molecule has 0 radical (unpaired) electrons. The van der Waals surface area contributed by atoms with Crippen LogP contribution in [0.4, 0.5) is 5.69 Å². The first-order chi connectivity index (χ1) is 13.1. The van der Waals surface area contributed by atoms with Crippen LogP contribution in [0.2, 0.25) is 0 Å². The summed E-state index contributed by atoms with van der Waals surface area (Å²) in [4.78, 5) is 24.9. The van der Waals surface area contributed by atoms with Crippen molar-refractivity contribution >= 4 is 17.6 Å². The number of aromatic carboxylic acids is 1. The van der Waals surface area contributed by atoms with E-state index in [0.717, 1.165) is 11.4 Å². The van der Waals surface area contributed by atoms with Crippen LogP contribution in [0, 0.1) is 5.92 Å². The lowest BCUT2D eigenvalue weighted by Gasteiger charge is -2.17. The first kappa shape index (κ1) is 18.5. The van der Waals surface area contributed by atoms with Crippen LogP contribution in [0.15, 0.2) is 61.2 Å². The number of amides is 1. The van der Waals surface area contributed by atoms with E-state index in [1.165, 1.54) is 12.1 Å². The monoisotopic (exact) mass is 367 g/mol. The second kappa shape index (κ2) is 8.40. The lowest BCUT2D eigenvalue weighted by atomic mass is 10.1. The molecule has 6 heteroatoms. The Morgan fingerprint density at radius 2 is 1.74 bits per heavy atom. The van der Waals surface area contributed by atoms with Crippen molar-refractivity contribution in [1.82, 2.24) is 0 Å². The van der Waals surface area contributed by atoms with Gasteiger partial charge in [0.25, 0.3) is 0 Å². The van der Waals surface area contributed by atoms with E-state index < -0.39 is 5.97 Å². The van der Waals surface area contributed by atoms with Gasteiger partial charge in [-0.05, 0) is 48.5 Å². The molecule has 27 heavy (non-hydrogen) atoms. The van der Waals surface area contributed by atoms with Crippen LogP contribution >= 0.6 is 0 Å². The summed E-state index contributed by atoms with van der Waals surface area (Å²) in [6.45, 7) is 5.03. The quantitative estimate of drug-likeness (QED) is 0.724. The third-order valence-electron chi connectivity index (χ3n) is 4.31. The number of benzene rings is 2. The highest BCUT2D eigenvalue weighted by molar-refractivity contribution is 5.95. The van der Waals surface area contributed by atoms with Crippen molar-refractivity contribution in [2.24, 2.45) is 5.92 Å².